The van der Waals surface area contributed by atoms with Crippen LogP contribution in [-0.2, 0) is 11.8 Å². The van der Waals surface area contributed by atoms with E-state index in [0.29, 0.717) is 18.4 Å². The summed E-state index contributed by atoms with van der Waals surface area (Å²) in [5, 5.41) is 12.1. The molecule has 1 amide bonds. The average Bonchev–Trinajstić information content (AvgIpc) is 2.42. The first kappa shape index (κ1) is 14.3. The highest BCUT2D eigenvalue weighted by atomic mass is 16.4. The Morgan fingerprint density at radius 2 is 1.90 bits per heavy atom. The Morgan fingerprint density at radius 1 is 1.25 bits per heavy atom. The molecule has 2 rings (SSSR count). The van der Waals surface area contributed by atoms with E-state index in [-0.39, 0.29) is 5.56 Å². The zero-order chi connectivity index (χ0) is 14.8. The Morgan fingerprint density at radius 3 is 2.45 bits per heavy atom. The minimum Gasteiger partial charge on any atom is -0.480 e. The van der Waals surface area contributed by atoms with Gasteiger partial charge in [0, 0.05) is 19.3 Å². The molecule has 1 aliphatic rings. The molecule has 0 bridgehead atoms. The van der Waals surface area contributed by atoms with Gasteiger partial charge in [0.15, 0.2) is 0 Å². The lowest BCUT2D eigenvalue weighted by Crippen LogP contribution is -2.55. The fraction of sp³-hybridized carbons (Fsp3) is 0.500. The molecule has 1 aromatic heterocycles. The van der Waals surface area contributed by atoms with E-state index in [9.17, 15) is 19.5 Å². The van der Waals surface area contributed by atoms with Gasteiger partial charge < -0.3 is 15.0 Å². The molecule has 0 unspecified atom stereocenters. The van der Waals surface area contributed by atoms with Crippen molar-refractivity contribution < 1.29 is 14.7 Å². The predicted molar refractivity (Wildman–Crippen MR) is 72.6 cm³/mol. The topological polar surface area (TPSA) is 88.4 Å². The highest BCUT2D eigenvalue weighted by Crippen LogP contribution is 2.28. The van der Waals surface area contributed by atoms with Gasteiger partial charge in [-0.15, -0.1) is 0 Å². The quantitative estimate of drug-likeness (QED) is 0.860. The third-order valence-corrected chi connectivity index (χ3v) is 3.82. The van der Waals surface area contributed by atoms with Crippen LogP contribution in [0.5, 0.6) is 0 Å². The van der Waals surface area contributed by atoms with Gasteiger partial charge in [0.25, 0.3) is 5.91 Å². The van der Waals surface area contributed by atoms with Crippen molar-refractivity contribution in [3.63, 3.8) is 0 Å². The predicted octanol–water partition coefficient (Wildman–Crippen LogP) is 0.903. The summed E-state index contributed by atoms with van der Waals surface area (Å²) in [6.07, 6.45) is 4.88. The smallest absolute Gasteiger partial charge is 0.329 e. The van der Waals surface area contributed by atoms with Crippen LogP contribution in [0.25, 0.3) is 0 Å². The summed E-state index contributed by atoms with van der Waals surface area (Å²) in [6, 6.07) is 2.71. The molecule has 2 N–H and O–H groups in total. The number of carboxylic acid groups (broad SMARTS) is 1. The molecule has 0 saturated heterocycles. The van der Waals surface area contributed by atoms with E-state index < -0.39 is 17.4 Å². The van der Waals surface area contributed by atoms with Gasteiger partial charge in [-0.3, -0.25) is 9.59 Å². The monoisotopic (exact) mass is 278 g/mol. The fourth-order valence-corrected chi connectivity index (χ4v) is 2.57. The molecule has 0 aliphatic heterocycles. The van der Waals surface area contributed by atoms with Crippen molar-refractivity contribution in [2.24, 2.45) is 7.05 Å². The van der Waals surface area contributed by atoms with Gasteiger partial charge in [-0.2, -0.15) is 0 Å². The lowest BCUT2D eigenvalue weighted by atomic mass is 9.81. The molecule has 6 heteroatoms. The Bertz CT molecular complexity index is 585. The summed E-state index contributed by atoms with van der Waals surface area (Å²) in [6.45, 7) is 0. The van der Waals surface area contributed by atoms with Gasteiger partial charge in [0.1, 0.15) is 5.54 Å². The number of pyridine rings is 1. The standard InChI is InChI=1S/C14H18N2O4/c1-16-9-10(5-6-11(16)17)12(18)15-14(13(19)20)7-3-2-4-8-14/h5-6,9H,2-4,7-8H2,1H3,(H,15,18)(H,19,20). The zero-order valence-corrected chi connectivity index (χ0v) is 11.4. The third-order valence-electron chi connectivity index (χ3n) is 3.82. The van der Waals surface area contributed by atoms with Crippen molar-refractivity contribution in [3.05, 3.63) is 34.2 Å². The average molecular weight is 278 g/mol. The third kappa shape index (κ3) is 2.74. The molecule has 0 spiro atoms. The van der Waals surface area contributed by atoms with Crippen molar-refractivity contribution in [2.45, 2.75) is 37.6 Å². The number of nitrogens with zero attached hydrogens (tertiary/aromatic N) is 1. The Hall–Kier alpha value is -2.11. The maximum Gasteiger partial charge on any atom is 0.329 e. The number of aliphatic carboxylic acids is 1. The van der Waals surface area contributed by atoms with Gasteiger partial charge in [-0.1, -0.05) is 19.3 Å². The van der Waals surface area contributed by atoms with E-state index in [1.165, 1.54) is 22.9 Å². The second kappa shape index (κ2) is 5.48. The van der Waals surface area contributed by atoms with Crippen LogP contribution in [0.2, 0.25) is 0 Å². The SMILES string of the molecule is Cn1cc(C(=O)NC2(C(=O)O)CCCCC2)ccc1=O. The molecule has 0 atom stereocenters. The van der Waals surface area contributed by atoms with E-state index >= 15 is 0 Å². The van der Waals surface area contributed by atoms with Crippen molar-refractivity contribution in [3.8, 4) is 0 Å². The maximum atomic E-state index is 12.2. The first-order chi connectivity index (χ1) is 9.44. The van der Waals surface area contributed by atoms with Crippen LogP contribution in [-0.4, -0.2) is 27.1 Å². The van der Waals surface area contributed by atoms with Crippen molar-refractivity contribution in [1.29, 1.82) is 0 Å². The minimum absolute atomic E-state index is 0.216. The van der Waals surface area contributed by atoms with Gasteiger partial charge in [0.05, 0.1) is 5.56 Å². The van der Waals surface area contributed by atoms with Gasteiger partial charge in [-0.05, 0) is 18.9 Å². The summed E-state index contributed by atoms with van der Waals surface area (Å²) in [4.78, 5) is 35.0. The summed E-state index contributed by atoms with van der Waals surface area (Å²) in [5.74, 6) is -1.44. The fourth-order valence-electron chi connectivity index (χ4n) is 2.57. The summed E-state index contributed by atoms with van der Waals surface area (Å²) >= 11 is 0. The van der Waals surface area contributed by atoms with Crippen molar-refractivity contribution >= 4 is 11.9 Å². The van der Waals surface area contributed by atoms with Crippen LogP contribution in [0.1, 0.15) is 42.5 Å². The number of hydrogen-bond acceptors (Lipinski definition) is 3. The lowest BCUT2D eigenvalue weighted by Gasteiger charge is -2.33. The highest BCUT2D eigenvalue weighted by molar-refractivity contribution is 5.97. The number of amides is 1. The number of rotatable bonds is 3. The maximum absolute atomic E-state index is 12.2. The highest BCUT2D eigenvalue weighted by Gasteiger charge is 2.41. The van der Waals surface area contributed by atoms with Crippen LogP contribution < -0.4 is 10.9 Å². The van der Waals surface area contributed by atoms with Gasteiger partial charge >= 0.3 is 5.97 Å². The van der Waals surface area contributed by atoms with E-state index in [0.717, 1.165) is 19.3 Å². The second-order valence-corrected chi connectivity index (χ2v) is 5.27. The van der Waals surface area contributed by atoms with E-state index in [4.69, 9.17) is 0 Å². The number of nitrogens with one attached hydrogen (secondary N) is 1. The number of aryl methyl sites for hydroxylation is 1. The first-order valence-corrected chi connectivity index (χ1v) is 6.67. The van der Waals surface area contributed by atoms with E-state index in [1.807, 2.05) is 0 Å². The Balaban J connectivity index is 2.22. The largest absolute Gasteiger partial charge is 0.480 e. The van der Waals surface area contributed by atoms with Crippen LogP contribution in [0.3, 0.4) is 0 Å². The van der Waals surface area contributed by atoms with Crippen LogP contribution >= 0.6 is 0 Å². The molecule has 1 aliphatic carbocycles. The molecule has 1 saturated carbocycles. The number of carbonyl (C=O) groups excluding carboxylic acids is 1. The molecule has 0 radical (unpaired) electrons. The van der Waals surface area contributed by atoms with E-state index in [1.54, 1.807) is 7.05 Å². The molecular weight excluding hydrogens is 260 g/mol. The van der Waals surface area contributed by atoms with Crippen LogP contribution in [0.15, 0.2) is 23.1 Å². The molecule has 6 nitrogen and oxygen atoms in total. The van der Waals surface area contributed by atoms with Gasteiger partial charge in [-0.25, -0.2) is 4.79 Å². The van der Waals surface area contributed by atoms with Gasteiger partial charge in [0.2, 0.25) is 5.56 Å². The molecule has 1 fully saturated rings. The Kier molecular flexibility index (Phi) is 3.92. The first-order valence-electron chi connectivity index (χ1n) is 6.67. The second-order valence-electron chi connectivity index (χ2n) is 5.27. The van der Waals surface area contributed by atoms with Crippen LogP contribution in [0, 0.1) is 0 Å². The zero-order valence-electron chi connectivity index (χ0n) is 11.4. The molecule has 1 heterocycles. The minimum atomic E-state index is -1.18. The summed E-state index contributed by atoms with van der Waals surface area (Å²) in [7, 11) is 1.55. The van der Waals surface area contributed by atoms with Crippen molar-refractivity contribution in [2.75, 3.05) is 0 Å². The summed E-state index contributed by atoms with van der Waals surface area (Å²) < 4.78 is 1.29. The van der Waals surface area contributed by atoms with E-state index in [2.05, 4.69) is 5.32 Å². The normalized spacial score (nSPS) is 17.4. The molecule has 108 valence electrons. The van der Waals surface area contributed by atoms with Crippen LogP contribution in [0.4, 0.5) is 0 Å². The molecular formula is C14H18N2O4. The molecule has 20 heavy (non-hydrogen) atoms. The molecule has 1 aromatic rings. The Labute approximate surface area is 116 Å². The lowest BCUT2D eigenvalue weighted by molar-refractivity contribution is -0.145. The number of carbonyl (C=O) groups is 2. The number of hydrogen-bond donors (Lipinski definition) is 2. The number of carboxylic acids is 1. The van der Waals surface area contributed by atoms with Crippen molar-refractivity contribution in [1.82, 2.24) is 9.88 Å². The molecule has 0 aromatic carbocycles. The summed E-state index contributed by atoms with van der Waals surface area (Å²) in [5.41, 5.74) is -1.10. The number of aromatic nitrogens is 1.